The molecule has 0 aliphatic heterocycles. The van der Waals surface area contributed by atoms with Gasteiger partial charge in [-0.3, -0.25) is 9.59 Å². The Balaban J connectivity index is 4.48. The number of esters is 1. The molecule has 0 aliphatic carbocycles. The zero-order valence-corrected chi connectivity index (χ0v) is 34.8. The molecule has 0 aliphatic rings. The van der Waals surface area contributed by atoms with Gasteiger partial charge in [-0.1, -0.05) is 145 Å². The number of unbranched alkanes of at least 4 members (excludes halogenated alkanes) is 15. The SMILES string of the molecule is CC/C=C\C/C=C\C/C=C\C/C=C\CCC(=O)OC(CCCCC/C=C\CCCCCCCCCC)CCCCCCCC(=O)NC(CCCN)C(=O)O. The van der Waals surface area contributed by atoms with Crippen molar-refractivity contribution >= 4 is 17.8 Å². The number of aliphatic carboxylic acids is 1. The van der Waals surface area contributed by atoms with Crippen LogP contribution in [-0.4, -0.2) is 41.6 Å². The predicted octanol–water partition coefficient (Wildman–Crippen LogP) is 12.6. The molecule has 0 fully saturated rings. The van der Waals surface area contributed by atoms with Gasteiger partial charge in [0.15, 0.2) is 0 Å². The second-order valence-electron chi connectivity index (χ2n) is 14.7. The van der Waals surface area contributed by atoms with E-state index in [4.69, 9.17) is 10.5 Å². The van der Waals surface area contributed by atoms with Gasteiger partial charge in [-0.25, -0.2) is 4.79 Å². The van der Waals surface area contributed by atoms with E-state index >= 15 is 0 Å². The fourth-order valence-corrected chi connectivity index (χ4v) is 6.28. The van der Waals surface area contributed by atoms with E-state index < -0.39 is 12.0 Å². The molecule has 4 N–H and O–H groups in total. The van der Waals surface area contributed by atoms with E-state index in [1.807, 2.05) is 0 Å². The van der Waals surface area contributed by atoms with Gasteiger partial charge in [-0.15, -0.1) is 0 Å². The number of ether oxygens (including phenoxy) is 1. The van der Waals surface area contributed by atoms with Crippen molar-refractivity contribution in [3.63, 3.8) is 0 Å². The molecule has 0 saturated carbocycles. The van der Waals surface area contributed by atoms with Crippen LogP contribution >= 0.6 is 0 Å². The Morgan fingerprint density at radius 1 is 0.556 bits per heavy atom. The number of amides is 1. The zero-order chi connectivity index (χ0) is 39.6. The van der Waals surface area contributed by atoms with Crippen LogP contribution in [0.25, 0.3) is 0 Å². The number of hydrogen-bond donors (Lipinski definition) is 3. The van der Waals surface area contributed by atoms with Crippen molar-refractivity contribution in [3.05, 3.63) is 60.8 Å². The maximum absolute atomic E-state index is 12.8. The summed E-state index contributed by atoms with van der Waals surface area (Å²) in [5, 5.41) is 11.9. The Morgan fingerprint density at radius 2 is 1.04 bits per heavy atom. The molecule has 0 aromatic rings. The van der Waals surface area contributed by atoms with Crippen molar-refractivity contribution in [3.8, 4) is 0 Å². The Kier molecular flexibility index (Phi) is 39.0. The van der Waals surface area contributed by atoms with Gasteiger partial charge in [0.1, 0.15) is 12.1 Å². The van der Waals surface area contributed by atoms with E-state index in [0.29, 0.717) is 38.6 Å². The first kappa shape index (κ1) is 51.1. The van der Waals surface area contributed by atoms with E-state index in [1.54, 1.807) is 0 Å². The number of carbonyl (C=O) groups excluding carboxylic acids is 2. The summed E-state index contributed by atoms with van der Waals surface area (Å²) in [6.07, 6.45) is 51.3. The molecule has 54 heavy (non-hydrogen) atoms. The van der Waals surface area contributed by atoms with Crippen molar-refractivity contribution in [2.24, 2.45) is 5.73 Å². The lowest BCUT2D eigenvalue weighted by Crippen LogP contribution is -2.40. The van der Waals surface area contributed by atoms with Crippen LogP contribution in [0, 0.1) is 0 Å². The van der Waals surface area contributed by atoms with Gasteiger partial charge in [-0.2, -0.15) is 0 Å². The minimum atomic E-state index is -1.01. The largest absolute Gasteiger partial charge is 0.480 e. The van der Waals surface area contributed by atoms with Crippen LogP contribution in [0.4, 0.5) is 0 Å². The summed E-state index contributed by atoms with van der Waals surface area (Å²) in [6.45, 7) is 4.82. The standard InChI is InChI=1S/C47H82N2O5/c1-3-5-7-9-11-13-15-17-18-20-21-23-25-28-32-37-43(38-33-29-27-30-34-40-45(50)49-44(47(52)53)39-36-42-48)54-46(51)41-35-31-26-24-22-19-16-14-12-10-8-6-4-2/h6,8,12,14,19-22,26,31,43-44H,3-5,7,9-11,13,15-18,23-25,27-30,32-42,48H2,1-2H3,(H,49,50)(H,52,53)/b8-6-,14-12-,21-20-,22-19-,31-26-. The highest BCUT2D eigenvalue weighted by molar-refractivity contribution is 5.83. The summed E-state index contributed by atoms with van der Waals surface area (Å²) >= 11 is 0. The first-order chi connectivity index (χ1) is 26.4. The normalized spacial score (nSPS) is 13.2. The molecule has 7 nitrogen and oxygen atoms in total. The number of nitrogens with two attached hydrogens (primary N) is 1. The van der Waals surface area contributed by atoms with E-state index in [1.165, 1.54) is 64.2 Å². The number of carboxylic acids is 1. The number of allylic oxidation sites excluding steroid dienone is 10. The Morgan fingerprint density at radius 3 is 1.59 bits per heavy atom. The summed E-state index contributed by atoms with van der Waals surface area (Å²) in [5.41, 5.74) is 5.48. The average molecular weight is 755 g/mol. The Bertz CT molecular complexity index is 1030. The van der Waals surface area contributed by atoms with E-state index in [9.17, 15) is 19.5 Å². The van der Waals surface area contributed by atoms with Crippen LogP contribution in [-0.2, 0) is 19.1 Å². The molecule has 2 atom stereocenters. The first-order valence-electron chi connectivity index (χ1n) is 22.1. The quantitative estimate of drug-likeness (QED) is 0.0327. The van der Waals surface area contributed by atoms with E-state index in [2.05, 4.69) is 79.9 Å². The second kappa shape index (κ2) is 41.2. The van der Waals surface area contributed by atoms with Gasteiger partial charge in [0, 0.05) is 12.8 Å². The lowest BCUT2D eigenvalue weighted by Gasteiger charge is -2.18. The van der Waals surface area contributed by atoms with Crippen LogP contribution in [0.15, 0.2) is 60.8 Å². The number of rotatable bonds is 39. The van der Waals surface area contributed by atoms with Crippen molar-refractivity contribution in [1.82, 2.24) is 5.32 Å². The van der Waals surface area contributed by atoms with Crippen molar-refractivity contribution in [2.45, 2.75) is 212 Å². The van der Waals surface area contributed by atoms with E-state index in [-0.39, 0.29) is 18.0 Å². The molecule has 7 heteroatoms. The third kappa shape index (κ3) is 37.4. The van der Waals surface area contributed by atoms with Gasteiger partial charge in [0.2, 0.25) is 5.91 Å². The van der Waals surface area contributed by atoms with Gasteiger partial charge < -0.3 is 20.9 Å². The minimum absolute atomic E-state index is 0.0419. The number of carbonyl (C=O) groups is 3. The summed E-state index contributed by atoms with van der Waals surface area (Å²) in [4.78, 5) is 36.3. The molecule has 0 radical (unpaired) electrons. The monoisotopic (exact) mass is 755 g/mol. The molecule has 310 valence electrons. The third-order valence-electron chi connectivity index (χ3n) is 9.58. The summed E-state index contributed by atoms with van der Waals surface area (Å²) in [5.74, 6) is -1.33. The lowest BCUT2D eigenvalue weighted by molar-refractivity contribution is -0.149. The molecule has 0 saturated heterocycles. The molecule has 0 spiro atoms. The molecular weight excluding hydrogens is 673 g/mol. The minimum Gasteiger partial charge on any atom is -0.480 e. The molecule has 0 rings (SSSR count). The van der Waals surface area contributed by atoms with Crippen LogP contribution in [0.1, 0.15) is 200 Å². The van der Waals surface area contributed by atoms with Crippen LogP contribution in [0.3, 0.4) is 0 Å². The number of carboxylic acid groups (broad SMARTS) is 1. The van der Waals surface area contributed by atoms with Gasteiger partial charge >= 0.3 is 11.9 Å². The van der Waals surface area contributed by atoms with Crippen LogP contribution in [0.2, 0.25) is 0 Å². The fourth-order valence-electron chi connectivity index (χ4n) is 6.28. The Labute approximate surface area is 331 Å². The average Bonchev–Trinajstić information content (AvgIpc) is 3.16. The molecule has 0 aromatic heterocycles. The first-order valence-corrected chi connectivity index (χ1v) is 22.1. The maximum Gasteiger partial charge on any atom is 0.326 e. The summed E-state index contributed by atoms with van der Waals surface area (Å²) in [6, 6.07) is -0.865. The molecule has 1 amide bonds. The van der Waals surface area contributed by atoms with Crippen LogP contribution < -0.4 is 11.1 Å². The van der Waals surface area contributed by atoms with Gasteiger partial charge in [-0.05, 0) is 109 Å². The highest BCUT2D eigenvalue weighted by atomic mass is 16.5. The molecule has 0 bridgehead atoms. The number of nitrogens with one attached hydrogen (secondary N) is 1. The molecule has 0 heterocycles. The highest BCUT2D eigenvalue weighted by Gasteiger charge is 2.19. The lowest BCUT2D eigenvalue weighted by atomic mass is 10.0. The summed E-state index contributed by atoms with van der Waals surface area (Å²) in [7, 11) is 0. The van der Waals surface area contributed by atoms with Crippen molar-refractivity contribution in [1.29, 1.82) is 0 Å². The van der Waals surface area contributed by atoms with E-state index in [0.717, 1.165) is 89.9 Å². The summed E-state index contributed by atoms with van der Waals surface area (Å²) < 4.78 is 6.00. The predicted molar refractivity (Wildman–Crippen MR) is 229 cm³/mol. The molecule has 0 aromatic carbocycles. The maximum atomic E-state index is 12.8. The van der Waals surface area contributed by atoms with Crippen molar-refractivity contribution in [2.75, 3.05) is 6.54 Å². The third-order valence-corrected chi connectivity index (χ3v) is 9.58. The molecule has 2 unspecified atom stereocenters. The smallest absolute Gasteiger partial charge is 0.326 e. The fraction of sp³-hybridized carbons (Fsp3) is 0.723. The second-order valence-corrected chi connectivity index (χ2v) is 14.7. The number of hydrogen-bond acceptors (Lipinski definition) is 5. The zero-order valence-electron chi connectivity index (χ0n) is 34.8. The Hall–Kier alpha value is -2.93. The molecular formula is C47H82N2O5. The highest BCUT2D eigenvalue weighted by Crippen LogP contribution is 2.18. The van der Waals surface area contributed by atoms with Crippen molar-refractivity contribution < 1.29 is 24.2 Å². The van der Waals surface area contributed by atoms with Gasteiger partial charge in [0.05, 0.1) is 0 Å². The topological polar surface area (TPSA) is 119 Å². The van der Waals surface area contributed by atoms with Crippen LogP contribution in [0.5, 0.6) is 0 Å². The van der Waals surface area contributed by atoms with Gasteiger partial charge in [0.25, 0.3) is 0 Å².